The van der Waals surface area contributed by atoms with E-state index in [9.17, 15) is 0 Å². The third-order valence-corrected chi connectivity index (χ3v) is 6.18. The van der Waals surface area contributed by atoms with Crippen LogP contribution in [0.2, 0.25) is 0 Å². The fourth-order valence-corrected chi connectivity index (χ4v) is 5.04. The number of benzene rings is 1. The summed E-state index contributed by atoms with van der Waals surface area (Å²) in [4.78, 5) is 0. The van der Waals surface area contributed by atoms with Gasteiger partial charge >= 0.3 is 0 Å². The van der Waals surface area contributed by atoms with Crippen LogP contribution in [0, 0.1) is 0 Å². The molecule has 0 amide bonds. The van der Waals surface area contributed by atoms with Crippen LogP contribution in [-0.2, 0) is 6.42 Å². The van der Waals surface area contributed by atoms with Crippen molar-refractivity contribution >= 4 is 11.8 Å². The van der Waals surface area contributed by atoms with Gasteiger partial charge in [0.1, 0.15) is 0 Å². The third-order valence-electron chi connectivity index (χ3n) is 4.66. The van der Waals surface area contributed by atoms with E-state index in [-0.39, 0.29) is 0 Å². The van der Waals surface area contributed by atoms with Gasteiger partial charge in [-0.05, 0) is 61.3 Å². The number of hydrogen-bond acceptors (Lipinski definition) is 3. The predicted octanol–water partition coefficient (Wildman–Crippen LogP) is 3.22. The summed E-state index contributed by atoms with van der Waals surface area (Å²) in [6.07, 6.45) is 7.79. The molecule has 0 bridgehead atoms. The van der Waals surface area contributed by atoms with Crippen molar-refractivity contribution in [3.63, 3.8) is 0 Å². The van der Waals surface area contributed by atoms with E-state index >= 15 is 0 Å². The zero-order chi connectivity index (χ0) is 13.1. The molecule has 3 atom stereocenters. The molecule has 3 N–H and O–H groups in total. The number of thioether (sulfide) groups is 1. The average Bonchev–Trinajstić information content (AvgIpc) is 2.99. The molecule has 0 aromatic heterocycles. The quantitative estimate of drug-likeness (QED) is 0.655. The van der Waals surface area contributed by atoms with Crippen molar-refractivity contribution in [1.29, 1.82) is 0 Å². The molecular weight excluding hydrogens is 252 g/mol. The Balaban J connectivity index is 1.72. The van der Waals surface area contributed by atoms with Crippen LogP contribution in [-0.4, -0.2) is 17.0 Å². The Kier molecular flexibility index (Phi) is 4.46. The van der Waals surface area contributed by atoms with Crippen LogP contribution in [0.4, 0.5) is 0 Å². The van der Waals surface area contributed by atoms with Gasteiger partial charge in [-0.3, -0.25) is 11.3 Å². The molecule has 1 saturated heterocycles. The Hall–Kier alpha value is -0.510. The van der Waals surface area contributed by atoms with E-state index in [4.69, 9.17) is 5.84 Å². The lowest BCUT2D eigenvalue weighted by Crippen LogP contribution is -2.43. The van der Waals surface area contributed by atoms with E-state index in [1.165, 1.54) is 44.3 Å². The van der Waals surface area contributed by atoms with Crippen molar-refractivity contribution in [2.24, 2.45) is 5.84 Å². The monoisotopic (exact) mass is 276 g/mol. The summed E-state index contributed by atoms with van der Waals surface area (Å²) in [5.74, 6) is 7.84. The highest BCUT2D eigenvalue weighted by Gasteiger charge is 2.29. The Bertz CT molecular complexity index is 415. The van der Waals surface area contributed by atoms with Crippen molar-refractivity contribution < 1.29 is 0 Å². The number of hydrazine groups is 1. The molecule has 1 aromatic rings. The van der Waals surface area contributed by atoms with E-state index < -0.39 is 0 Å². The SMILES string of the molecule is NNC(CC1CCCc2ccccc21)C1CCCS1. The molecule has 3 heteroatoms. The summed E-state index contributed by atoms with van der Waals surface area (Å²) >= 11 is 2.10. The van der Waals surface area contributed by atoms with Gasteiger partial charge in [0.05, 0.1) is 0 Å². The van der Waals surface area contributed by atoms with Gasteiger partial charge in [-0.25, -0.2) is 0 Å². The summed E-state index contributed by atoms with van der Waals surface area (Å²) < 4.78 is 0. The van der Waals surface area contributed by atoms with Gasteiger partial charge in [-0.1, -0.05) is 24.3 Å². The van der Waals surface area contributed by atoms with Crippen LogP contribution in [0.1, 0.15) is 49.1 Å². The van der Waals surface area contributed by atoms with Gasteiger partial charge in [0.2, 0.25) is 0 Å². The molecule has 3 unspecified atom stereocenters. The summed E-state index contributed by atoms with van der Waals surface area (Å²) in [6, 6.07) is 9.47. The average molecular weight is 276 g/mol. The molecular formula is C16H24N2S. The number of nitrogens with two attached hydrogens (primary N) is 1. The van der Waals surface area contributed by atoms with Gasteiger partial charge in [0.15, 0.2) is 0 Å². The lowest BCUT2D eigenvalue weighted by Gasteiger charge is -2.31. The second kappa shape index (κ2) is 6.29. The first kappa shape index (κ1) is 13.5. The number of rotatable bonds is 4. The molecule has 1 heterocycles. The minimum Gasteiger partial charge on any atom is -0.271 e. The summed E-state index contributed by atoms with van der Waals surface area (Å²) in [5.41, 5.74) is 6.25. The van der Waals surface area contributed by atoms with Gasteiger partial charge < -0.3 is 0 Å². The molecule has 0 saturated carbocycles. The summed E-state index contributed by atoms with van der Waals surface area (Å²) in [6.45, 7) is 0. The maximum absolute atomic E-state index is 5.83. The number of fused-ring (bicyclic) bond motifs is 1. The fourth-order valence-electron chi connectivity index (χ4n) is 3.65. The highest BCUT2D eigenvalue weighted by atomic mass is 32.2. The molecule has 1 aliphatic carbocycles. The molecule has 1 fully saturated rings. The summed E-state index contributed by atoms with van der Waals surface area (Å²) in [7, 11) is 0. The maximum Gasteiger partial charge on any atom is 0.0335 e. The van der Waals surface area contributed by atoms with Crippen molar-refractivity contribution in [3.05, 3.63) is 35.4 Å². The largest absolute Gasteiger partial charge is 0.271 e. The second-order valence-corrected chi connectivity index (χ2v) is 7.20. The minimum absolute atomic E-state index is 0.476. The summed E-state index contributed by atoms with van der Waals surface area (Å²) in [5, 5.41) is 0.721. The smallest absolute Gasteiger partial charge is 0.0335 e. The zero-order valence-corrected chi connectivity index (χ0v) is 12.3. The first-order valence-electron chi connectivity index (χ1n) is 7.54. The third kappa shape index (κ3) is 2.99. The van der Waals surface area contributed by atoms with Crippen LogP contribution in [0.25, 0.3) is 0 Å². The highest BCUT2D eigenvalue weighted by Crippen LogP contribution is 2.38. The van der Waals surface area contributed by atoms with E-state index in [2.05, 4.69) is 41.5 Å². The lowest BCUT2D eigenvalue weighted by molar-refractivity contribution is 0.402. The van der Waals surface area contributed by atoms with E-state index in [1.807, 2.05) is 0 Å². The molecule has 19 heavy (non-hydrogen) atoms. The molecule has 0 radical (unpaired) electrons. The van der Waals surface area contributed by atoms with E-state index in [0.29, 0.717) is 12.0 Å². The normalized spacial score (nSPS) is 28.1. The van der Waals surface area contributed by atoms with Crippen LogP contribution in [0.15, 0.2) is 24.3 Å². The predicted molar refractivity (Wildman–Crippen MR) is 83.3 cm³/mol. The lowest BCUT2D eigenvalue weighted by atomic mass is 9.79. The van der Waals surface area contributed by atoms with Gasteiger partial charge in [0.25, 0.3) is 0 Å². The molecule has 0 spiro atoms. The zero-order valence-electron chi connectivity index (χ0n) is 11.5. The van der Waals surface area contributed by atoms with E-state index in [1.54, 1.807) is 11.1 Å². The Morgan fingerprint density at radius 3 is 2.95 bits per heavy atom. The first-order chi connectivity index (χ1) is 9.38. The minimum atomic E-state index is 0.476. The van der Waals surface area contributed by atoms with Crippen LogP contribution < -0.4 is 11.3 Å². The number of nitrogens with one attached hydrogen (secondary N) is 1. The number of aryl methyl sites for hydroxylation is 1. The standard InChI is InChI=1S/C16H24N2S/c17-18-15(16-9-4-10-19-16)11-13-7-3-6-12-5-1-2-8-14(12)13/h1-2,5,8,13,15-16,18H,3-4,6-7,9-11,17H2. The number of hydrogen-bond donors (Lipinski definition) is 2. The Morgan fingerprint density at radius 2 is 2.16 bits per heavy atom. The van der Waals surface area contributed by atoms with Crippen LogP contribution in [0.5, 0.6) is 0 Å². The molecule has 1 aromatic carbocycles. The second-order valence-electron chi connectivity index (χ2n) is 5.85. The maximum atomic E-state index is 5.83. The fraction of sp³-hybridized carbons (Fsp3) is 0.625. The topological polar surface area (TPSA) is 38.0 Å². The molecule has 104 valence electrons. The van der Waals surface area contributed by atoms with Gasteiger partial charge in [-0.15, -0.1) is 0 Å². The van der Waals surface area contributed by atoms with Crippen molar-refractivity contribution in [2.75, 3.05) is 5.75 Å². The molecule has 3 rings (SSSR count). The van der Waals surface area contributed by atoms with Gasteiger partial charge in [0, 0.05) is 11.3 Å². The molecule has 2 aliphatic rings. The molecule has 1 aliphatic heterocycles. The van der Waals surface area contributed by atoms with Crippen molar-refractivity contribution in [1.82, 2.24) is 5.43 Å². The van der Waals surface area contributed by atoms with Crippen molar-refractivity contribution in [3.8, 4) is 0 Å². The van der Waals surface area contributed by atoms with Crippen LogP contribution >= 0.6 is 11.8 Å². The highest BCUT2D eigenvalue weighted by molar-refractivity contribution is 8.00. The van der Waals surface area contributed by atoms with Crippen molar-refractivity contribution in [2.45, 2.75) is 55.7 Å². The first-order valence-corrected chi connectivity index (χ1v) is 8.59. The Morgan fingerprint density at radius 1 is 1.26 bits per heavy atom. The Labute approximate surface area is 120 Å². The van der Waals surface area contributed by atoms with E-state index in [0.717, 1.165) is 5.25 Å². The van der Waals surface area contributed by atoms with Gasteiger partial charge in [-0.2, -0.15) is 11.8 Å². The van der Waals surface area contributed by atoms with Crippen LogP contribution in [0.3, 0.4) is 0 Å². The molecule has 2 nitrogen and oxygen atoms in total.